The van der Waals surface area contributed by atoms with Crippen molar-refractivity contribution in [2.24, 2.45) is 0 Å². The van der Waals surface area contributed by atoms with E-state index in [1.54, 1.807) is 18.2 Å². The zero-order valence-corrected chi connectivity index (χ0v) is 10.7. The summed E-state index contributed by atoms with van der Waals surface area (Å²) in [6, 6.07) is 6.28. The van der Waals surface area contributed by atoms with Crippen LogP contribution in [0.3, 0.4) is 0 Å². The van der Waals surface area contributed by atoms with Gasteiger partial charge in [0.1, 0.15) is 5.82 Å². The van der Waals surface area contributed by atoms with Crippen LogP contribution < -0.4 is 5.32 Å². The first-order valence-electron chi connectivity index (χ1n) is 6.51. The van der Waals surface area contributed by atoms with E-state index in [9.17, 15) is 14.3 Å². The largest absolute Gasteiger partial charge is 0.394 e. The van der Waals surface area contributed by atoms with Crippen molar-refractivity contribution in [2.45, 2.75) is 31.2 Å². The second-order valence-electron chi connectivity index (χ2n) is 4.99. The first kappa shape index (κ1) is 13.7. The van der Waals surface area contributed by atoms with Gasteiger partial charge in [0.25, 0.3) is 0 Å². The van der Waals surface area contributed by atoms with Crippen LogP contribution in [0, 0.1) is 5.82 Å². The molecule has 1 aliphatic carbocycles. The summed E-state index contributed by atoms with van der Waals surface area (Å²) in [5.41, 5.74) is -0.112. The molecule has 1 amide bonds. The quantitative estimate of drug-likeness (QED) is 0.819. The fourth-order valence-electron chi connectivity index (χ4n) is 2.45. The zero-order chi connectivity index (χ0) is 13.7. The Balaban J connectivity index is 2.00. The fraction of sp³-hybridized carbons (Fsp3) is 0.400. The lowest BCUT2D eigenvalue weighted by Crippen LogP contribution is -2.48. The van der Waals surface area contributed by atoms with Gasteiger partial charge < -0.3 is 10.4 Å². The van der Waals surface area contributed by atoms with E-state index in [0.717, 1.165) is 25.7 Å². The third kappa shape index (κ3) is 3.41. The van der Waals surface area contributed by atoms with Crippen molar-refractivity contribution < 1.29 is 14.3 Å². The summed E-state index contributed by atoms with van der Waals surface area (Å²) in [7, 11) is 0. The van der Waals surface area contributed by atoms with Gasteiger partial charge in [0.2, 0.25) is 5.91 Å². The molecule has 3 nitrogen and oxygen atoms in total. The van der Waals surface area contributed by atoms with Crippen molar-refractivity contribution in [1.82, 2.24) is 5.32 Å². The number of hydrogen-bond donors (Lipinski definition) is 2. The van der Waals surface area contributed by atoms with Gasteiger partial charge in [0, 0.05) is 11.6 Å². The van der Waals surface area contributed by atoms with Gasteiger partial charge in [-0.3, -0.25) is 4.79 Å². The summed E-state index contributed by atoms with van der Waals surface area (Å²) < 4.78 is 13.4. The molecule has 4 heteroatoms. The molecule has 2 N–H and O–H groups in total. The molecular weight excluding hydrogens is 245 g/mol. The summed E-state index contributed by atoms with van der Waals surface area (Å²) in [6.45, 7) is -0.0493. The van der Waals surface area contributed by atoms with Crippen molar-refractivity contribution in [3.05, 3.63) is 41.7 Å². The first-order chi connectivity index (χ1) is 9.15. The second kappa shape index (κ2) is 5.97. The van der Waals surface area contributed by atoms with Crippen LogP contribution in [0.4, 0.5) is 4.39 Å². The van der Waals surface area contributed by atoms with Crippen LogP contribution in [0.25, 0.3) is 6.08 Å². The van der Waals surface area contributed by atoms with Gasteiger partial charge in [0.15, 0.2) is 0 Å². The first-order valence-corrected chi connectivity index (χ1v) is 6.51. The molecule has 0 spiro atoms. The lowest BCUT2D eigenvalue weighted by molar-refractivity contribution is -0.118. The van der Waals surface area contributed by atoms with Crippen LogP contribution in [0.5, 0.6) is 0 Å². The summed E-state index contributed by atoms with van der Waals surface area (Å²) >= 11 is 0. The van der Waals surface area contributed by atoms with E-state index in [1.165, 1.54) is 18.2 Å². The maximum atomic E-state index is 13.4. The Morgan fingerprint density at radius 1 is 1.37 bits per heavy atom. The maximum Gasteiger partial charge on any atom is 0.244 e. The van der Waals surface area contributed by atoms with E-state index >= 15 is 0 Å². The standard InChI is InChI=1S/C15H18FNO2/c16-13-6-2-1-5-12(13)7-8-14(19)17-15(11-18)9-3-4-10-15/h1-2,5-8,18H,3-4,9-11H2,(H,17,19). The van der Waals surface area contributed by atoms with Crippen LogP contribution in [-0.2, 0) is 4.79 Å². The predicted octanol–water partition coefficient (Wildman–Crippen LogP) is 2.26. The molecule has 1 fully saturated rings. The highest BCUT2D eigenvalue weighted by Crippen LogP contribution is 2.29. The Morgan fingerprint density at radius 2 is 2.05 bits per heavy atom. The van der Waals surface area contributed by atoms with Crippen LogP contribution in [0.15, 0.2) is 30.3 Å². The number of amides is 1. The molecule has 1 saturated carbocycles. The molecule has 102 valence electrons. The summed E-state index contributed by atoms with van der Waals surface area (Å²) in [5, 5.41) is 12.2. The average Bonchev–Trinajstić information content (AvgIpc) is 2.87. The Morgan fingerprint density at radius 3 is 2.68 bits per heavy atom. The molecule has 0 saturated heterocycles. The van der Waals surface area contributed by atoms with E-state index in [0.29, 0.717) is 5.56 Å². The third-order valence-corrected chi connectivity index (χ3v) is 3.57. The van der Waals surface area contributed by atoms with Crippen LogP contribution in [-0.4, -0.2) is 23.2 Å². The van der Waals surface area contributed by atoms with Crippen molar-refractivity contribution in [2.75, 3.05) is 6.61 Å². The topological polar surface area (TPSA) is 49.3 Å². The highest BCUT2D eigenvalue weighted by Gasteiger charge is 2.33. The molecule has 19 heavy (non-hydrogen) atoms. The minimum Gasteiger partial charge on any atom is -0.394 e. The maximum absolute atomic E-state index is 13.4. The number of benzene rings is 1. The minimum atomic E-state index is -0.489. The molecule has 0 atom stereocenters. The summed E-state index contributed by atoms with van der Waals surface area (Å²) in [5.74, 6) is -0.650. The molecule has 0 aromatic heterocycles. The molecule has 1 aliphatic rings. The van der Waals surface area contributed by atoms with Gasteiger partial charge in [-0.1, -0.05) is 31.0 Å². The van der Waals surface area contributed by atoms with Crippen molar-refractivity contribution in [3.8, 4) is 0 Å². The number of hydrogen-bond acceptors (Lipinski definition) is 2. The highest BCUT2D eigenvalue weighted by molar-refractivity contribution is 5.92. The molecule has 0 aliphatic heterocycles. The van der Waals surface area contributed by atoms with Crippen LogP contribution in [0.2, 0.25) is 0 Å². The third-order valence-electron chi connectivity index (χ3n) is 3.57. The Labute approximate surface area is 112 Å². The summed E-state index contributed by atoms with van der Waals surface area (Å²) in [6.07, 6.45) is 6.38. The number of carbonyl (C=O) groups is 1. The van der Waals surface area contributed by atoms with Crippen molar-refractivity contribution in [3.63, 3.8) is 0 Å². The Hall–Kier alpha value is -1.68. The lowest BCUT2D eigenvalue weighted by atomic mass is 9.99. The van der Waals surface area contributed by atoms with Gasteiger partial charge in [0.05, 0.1) is 12.1 Å². The Kier molecular flexibility index (Phi) is 4.32. The number of carbonyl (C=O) groups excluding carboxylic acids is 1. The molecular formula is C15H18FNO2. The SMILES string of the molecule is O=C(C=Cc1ccccc1F)NC1(CO)CCCC1. The van der Waals surface area contributed by atoms with E-state index in [1.807, 2.05) is 0 Å². The van der Waals surface area contributed by atoms with Crippen LogP contribution in [0.1, 0.15) is 31.2 Å². The van der Waals surface area contributed by atoms with E-state index < -0.39 is 5.54 Å². The molecule has 2 rings (SSSR count). The number of halogens is 1. The zero-order valence-electron chi connectivity index (χ0n) is 10.7. The normalized spacial score (nSPS) is 17.8. The molecule has 0 heterocycles. The second-order valence-corrected chi connectivity index (χ2v) is 4.99. The lowest BCUT2D eigenvalue weighted by Gasteiger charge is -2.27. The molecule has 0 unspecified atom stereocenters. The number of nitrogens with one attached hydrogen (secondary N) is 1. The smallest absolute Gasteiger partial charge is 0.244 e. The molecule has 1 aromatic carbocycles. The van der Waals surface area contributed by atoms with Gasteiger partial charge >= 0.3 is 0 Å². The van der Waals surface area contributed by atoms with Crippen molar-refractivity contribution >= 4 is 12.0 Å². The fourth-order valence-corrected chi connectivity index (χ4v) is 2.45. The molecule has 0 radical (unpaired) electrons. The molecule has 1 aromatic rings. The molecule has 0 bridgehead atoms. The van der Waals surface area contributed by atoms with Gasteiger partial charge in [-0.05, 0) is 25.0 Å². The Bertz CT molecular complexity index is 479. The van der Waals surface area contributed by atoms with Gasteiger partial charge in [-0.15, -0.1) is 0 Å². The van der Waals surface area contributed by atoms with E-state index in [2.05, 4.69) is 5.32 Å². The van der Waals surface area contributed by atoms with Crippen LogP contribution >= 0.6 is 0 Å². The highest BCUT2D eigenvalue weighted by atomic mass is 19.1. The number of aliphatic hydroxyl groups excluding tert-OH is 1. The number of aliphatic hydroxyl groups is 1. The van der Waals surface area contributed by atoms with E-state index in [4.69, 9.17) is 0 Å². The average molecular weight is 263 g/mol. The summed E-state index contributed by atoms with van der Waals surface area (Å²) in [4.78, 5) is 11.8. The van der Waals surface area contributed by atoms with Crippen molar-refractivity contribution in [1.29, 1.82) is 0 Å². The van der Waals surface area contributed by atoms with Gasteiger partial charge in [-0.25, -0.2) is 4.39 Å². The van der Waals surface area contributed by atoms with E-state index in [-0.39, 0.29) is 18.3 Å². The monoisotopic (exact) mass is 263 g/mol. The van der Waals surface area contributed by atoms with Gasteiger partial charge in [-0.2, -0.15) is 0 Å². The number of rotatable bonds is 4. The minimum absolute atomic E-state index is 0.0493. The predicted molar refractivity (Wildman–Crippen MR) is 71.9 cm³/mol.